The van der Waals surface area contributed by atoms with E-state index in [-0.39, 0.29) is 5.91 Å². The summed E-state index contributed by atoms with van der Waals surface area (Å²) >= 11 is 12.0. The van der Waals surface area contributed by atoms with Crippen LogP contribution in [-0.4, -0.2) is 27.8 Å². The molecule has 1 amide bonds. The van der Waals surface area contributed by atoms with Gasteiger partial charge in [-0.2, -0.15) is 5.10 Å². The van der Waals surface area contributed by atoms with Crippen LogP contribution in [0.5, 0.6) is 5.75 Å². The van der Waals surface area contributed by atoms with E-state index in [9.17, 15) is 4.79 Å². The lowest BCUT2D eigenvalue weighted by atomic mass is 10.1. The molecule has 0 bridgehead atoms. The normalized spacial score (nSPS) is 10.5. The summed E-state index contributed by atoms with van der Waals surface area (Å²) in [5.41, 5.74) is 1.43. The summed E-state index contributed by atoms with van der Waals surface area (Å²) in [7, 11) is 1.49. The molecule has 3 aromatic rings. The minimum atomic E-state index is -0.377. The van der Waals surface area contributed by atoms with Crippen LogP contribution in [0.2, 0.25) is 10.0 Å². The Balaban J connectivity index is 1.98. The van der Waals surface area contributed by atoms with Gasteiger partial charge in [0.2, 0.25) is 0 Å². The quantitative estimate of drug-likeness (QED) is 0.765. The number of benzene rings is 2. The fraction of sp³-hybridized carbons (Fsp3) is 0.0625. The topological polar surface area (TPSA) is 69.0 Å². The van der Waals surface area contributed by atoms with Gasteiger partial charge in [0.1, 0.15) is 18.4 Å². The first-order valence-corrected chi connectivity index (χ1v) is 7.63. The fourth-order valence-corrected chi connectivity index (χ4v) is 2.53. The molecule has 1 heterocycles. The van der Waals surface area contributed by atoms with E-state index in [4.69, 9.17) is 27.9 Å². The van der Waals surface area contributed by atoms with Crippen LogP contribution in [0.25, 0.3) is 5.69 Å². The van der Waals surface area contributed by atoms with Crippen molar-refractivity contribution in [2.24, 2.45) is 0 Å². The van der Waals surface area contributed by atoms with Crippen LogP contribution < -0.4 is 10.1 Å². The Morgan fingerprint density at radius 1 is 1.17 bits per heavy atom. The molecule has 0 aliphatic carbocycles. The lowest BCUT2D eigenvalue weighted by Gasteiger charge is -2.13. The van der Waals surface area contributed by atoms with Crippen molar-refractivity contribution in [1.82, 2.24) is 14.8 Å². The van der Waals surface area contributed by atoms with Crippen molar-refractivity contribution in [1.29, 1.82) is 0 Å². The Hall–Kier alpha value is -2.57. The molecule has 6 nitrogen and oxygen atoms in total. The Kier molecular flexibility index (Phi) is 4.69. The van der Waals surface area contributed by atoms with Gasteiger partial charge >= 0.3 is 0 Å². The molecule has 8 heteroatoms. The Morgan fingerprint density at radius 2 is 1.92 bits per heavy atom. The second-order valence-electron chi connectivity index (χ2n) is 4.80. The average Bonchev–Trinajstić information content (AvgIpc) is 3.09. The standard InChI is InChI=1S/C16H12Cl2N4O2/c1-24-15-5-3-10(17)6-12(15)16(23)21-13-7-11(18)2-4-14(13)22-9-19-8-20-22/h2-9H,1H3,(H,21,23). The summed E-state index contributed by atoms with van der Waals surface area (Å²) in [5.74, 6) is 0.0409. The summed E-state index contributed by atoms with van der Waals surface area (Å²) in [6, 6.07) is 9.89. The fourth-order valence-electron chi connectivity index (χ4n) is 2.19. The van der Waals surface area contributed by atoms with Gasteiger partial charge in [0, 0.05) is 10.0 Å². The molecule has 3 rings (SSSR count). The largest absolute Gasteiger partial charge is 0.496 e. The number of nitrogens with zero attached hydrogens (tertiary/aromatic N) is 3. The maximum atomic E-state index is 12.6. The van der Waals surface area contributed by atoms with E-state index in [1.165, 1.54) is 30.5 Å². The van der Waals surface area contributed by atoms with Crippen molar-refractivity contribution < 1.29 is 9.53 Å². The van der Waals surface area contributed by atoms with Gasteiger partial charge in [0.15, 0.2) is 0 Å². The molecular weight excluding hydrogens is 351 g/mol. The predicted molar refractivity (Wildman–Crippen MR) is 92.3 cm³/mol. The highest BCUT2D eigenvalue weighted by atomic mass is 35.5. The number of nitrogens with one attached hydrogen (secondary N) is 1. The van der Waals surface area contributed by atoms with Gasteiger partial charge in [0.25, 0.3) is 5.91 Å². The number of rotatable bonds is 4. The number of aromatic nitrogens is 3. The Morgan fingerprint density at radius 3 is 2.62 bits per heavy atom. The zero-order valence-electron chi connectivity index (χ0n) is 12.5. The maximum absolute atomic E-state index is 12.6. The maximum Gasteiger partial charge on any atom is 0.259 e. The van der Waals surface area contributed by atoms with E-state index in [2.05, 4.69) is 15.4 Å². The van der Waals surface area contributed by atoms with Crippen LogP contribution >= 0.6 is 23.2 Å². The van der Waals surface area contributed by atoms with Crippen LogP contribution in [0.4, 0.5) is 5.69 Å². The highest BCUT2D eigenvalue weighted by molar-refractivity contribution is 6.31. The van der Waals surface area contributed by atoms with Gasteiger partial charge in [-0.15, -0.1) is 0 Å². The summed E-state index contributed by atoms with van der Waals surface area (Å²) in [6.45, 7) is 0. The second-order valence-corrected chi connectivity index (χ2v) is 5.67. The first kappa shape index (κ1) is 16.3. The first-order valence-electron chi connectivity index (χ1n) is 6.88. The molecule has 1 N–H and O–H groups in total. The van der Waals surface area contributed by atoms with Crippen LogP contribution in [0.15, 0.2) is 49.1 Å². The number of carbonyl (C=O) groups is 1. The van der Waals surface area contributed by atoms with E-state index >= 15 is 0 Å². The zero-order chi connectivity index (χ0) is 17.1. The molecule has 24 heavy (non-hydrogen) atoms. The average molecular weight is 363 g/mol. The summed E-state index contributed by atoms with van der Waals surface area (Å²) in [5, 5.41) is 7.79. The molecule has 122 valence electrons. The molecule has 0 aliphatic rings. The molecule has 0 radical (unpaired) electrons. The molecule has 0 spiro atoms. The second kappa shape index (κ2) is 6.90. The summed E-state index contributed by atoms with van der Waals surface area (Å²) < 4.78 is 6.74. The molecule has 1 aromatic heterocycles. The molecular formula is C16H12Cl2N4O2. The van der Waals surface area contributed by atoms with Gasteiger partial charge in [0.05, 0.1) is 24.0 Å². The number of carbonyl (C=O) groups excluding carboxylic acids is 1. The SMILES string of the molecule is COc1ccc(Cl)cc1C(=O)Nc1cc(Cl)ccc1-n1cncn1. The third kappa shape index (κ3) is 3.34. The van der Waals surface area contributed by atoms with Gasteiger partial charge in [-0.3, -0.25) is 4.79 Å². The third-order valence-corrected chi connectivity index (χ3v) is 3.75. The lowest BCUT2D eigenvalue weighted by Crippen LogP contribution is -2.15. The van der Waals surface area contributed by atoms with E-state index < -0.39 is 0 Å². The van der Waals surface area contributed by atoms with Crippen molar-refractivity contribution in [3.8, 4) is 11.4 Å². The summed E-state index contributed by atoms with van der Waals surface area (Å²) in [6.07, 6.45) is 2.93. The van der Waals surface area contributed by atoms with Gasteiger partial charge in [-0.25, -0.2) is 9.67 Å². The number of hydrogen-bond acceptors (Lipinski definition) is 4. The van der Waals surface area contributed by atoms with E-state index in [1.54, 1.807) is 30.3 Å². The van der Waals surface area contributed by atoms with Crippen molar-refractivity contribution in [3.63, 3.8) is 0 Å². The lowest BCUT2D eigenvalue weighted by molar-refractivity contribution is 0.102. The smallest absolute Gasteiger partial charge is 0.259 e. The highest BCUT2D eigenvalue weighted by Gasteiger charge is 2.16. The summed E-state index contributed by atoms with van der Waals surface area (Å²) in [4.78, 5) is 16.5. The molecule has 0 aliphatic heterocycles. The Labute approximate surface area is 148 Å². The monoisotopic (exact) mass is 362 g/mol. The molecule has 0 saturated carbocycles. The van der Waals surface area contributed by atoms with Crippen LogP contribution in [0.1, 0.15) is 10.4 Å². The molecule has 0 unspecified atom stereocenters. The Bertz CT molecular complexity index is 882. The molecule has 0 fully saturated rings. The van der Waals surface area contributed by atoms with Gasteiger partial charge < -0.3 is 10.1 Å². The van der Waals surface area contributed by atoms with E-state index in [0.717, 1.165) is 0 Å². The number of ether oxygens (including phenoxy) is 1. The van der Waals surface area contributed by atoms with Gasteiger partial charge in [-0.1, -0.05) is 23.2 Å². The van der Waals surface area contributed by atoms with Crippen molar-refractivity contribution in [2.45, 2.75) is 0 Å². The minimum absolute atomic E-state index is 0.314. The van der Waals surface area contributed by atoms with E-state index in [1.807, 2.05) is 0 Å². The van der Waals surface area contributed by atoms with Crippen LogP contribution in [0.3, 0.4) is 0 Å². The number of halogens is 2. The van der Waals surface area contributed by atoms with Crippen molar-refractivity contribution >= 4 is 34.8 Å². The third-order valence-electron chi connectivity index (χ3n) is 3.28. The molecule has 2 aromatic carbocycles. The first-order chi connectivity index (χ1) is 11.6. The van der Waals surface area contributed by atoms with Gasteiger partial charge in [-0.05, 0) is 36.4 Å². The van der Waals surface area contributed by atoms with Crippen LogP contribution in [0, 0.1) is 0 Å². The van der Waals surface area contributed by atoms with Crippen molar-refractivity contribution in [2.75, 3.05) is 12.4 Å². The number of methoxy groups -OCH3 is 1. The number of hydrogen-bond donors (Lipinski definition) is 1. The predicted octanol–water partition coefficient (Wildman–Crippen LogP) is 3.84. The van der Waals surface area contributed by atoms with Crippen LogP contribution in [-0.2, 0) is 0 Å². The number of anilines is 1. The molecule has 0 saturated heterocycles. The van der Waals surface area contributed by atoms with E-state index in [0.29, 0.717) is 32.7 Å². The highest BCUT2D eigenvalue weighted by Crippen LogP contribution is 2.27. The van der Waals surface area contributed by atoms with Crippen molar-refractivity contribution in [3.05, 3.63) is 64.7 Å². The zero-order valence-corrected chi connectivity index (χ0v) is 14.0. The molecule has 0 atom stereocenters. The minimum Gasteiger partial charge on any atom is -0.496 e. The number of amides is 1.